The van der Waals surface area contributed by atoms with Crippen molar-refractivity contribution in [1.29, 1.82) is 0 Å². The third-order valence-corrected chi connectivity index (χ3v) is 5.91. The number of rotatable bonds is 5. The van der Waals surface area contributed by atoms with Crippen LogP contribution in [0.15, 0.2) is 48.5 Å². The molecule has 0 spiro atoms. The van der Waals surface area contributed by atoms with Crippen molar-refractivity contribution in [1.82, 2.24) is 0 Å². The average Bonchev–Trinajstić information content (AvgIpc) is 3.26. The first-order chi connectivity index (χ1) is 13.0. The van der Waals surface area contributed by atoms with Gasteiger partial charge in [-0.05, 0) is 79.6 Å². The Hall–Kier alpha value is -2.53. The van der Waals surface area contributed by atoms with Crippen LogP contribution in [0.1, 0.15) is 19.3 Å². The van der Waals surface area contributed by atoms with Gasteiger partial charge in [-0.1, -0.05) is 11.6 Å². The Balaban J connectivity index is 1.41. The number of aliphatic carboxylic acids is 1. The quantitative estimate of drug-likeness (QED) is 0.855. The summed E-state index contributed by atoms with van der Waals surface area (Å²) in [6.45, 7) is 0. The Kier molecular flexibility index (Phi) is 4.79. The van der Waals surface area contributed by atoms with E-state index in [1.807, 2.05) is 0 Å². The third-order valence-electron chi connectivity index (χ3n) is 5.66. The number of fused-ring (bicyclic) bond motifs is 2. The van der Waals surface area contributed by atoms with Gasteiger partial charge in [0.2, 0.25) is 5.91 Å². The molecule has 0 radical (unpaired) electrons. The maximum atomic E-state index is 12.7. The lowest BCUT2D eigenvalue weighted by atomic mass is 9.78. The van der Waals surface area contributed by atoms with Crippen LogP contribution >= 0.6 is 11.6 Å². The molecule has 0 aromatic heterocycles. The Morgan fingerprint density at radius 1 is 0.926 bits per heavy atom. The summed E-state index contributed by atoms with van der Waals surface area (Å²) in [5.41, 5.74) is 0.614. The second-order valence-electron chi connectivity index (χ2n) is 7.27. The van der Waals surface area contributed by atoms with Crippen LogP contribution < -0.4 is 15.2 Å². The van der Waals surface area contributed by atoms with Gasteiger partial charge in [-0.15, -0.1) is 0 Å². The molecule has 2 aromatic carbocycles. The maximum absolute atomic E-state index is 12.7. The molecular weight excluding hydrogens is 366 g/mol. The number of hydrogen-bond acceptors (Lipinski definition) is 4. The van der Waals surface area contributed by atoms with E-state index >= 15 is 0 Å². The monoisotopic (exact) mass is 384 g/mol. The van der Waals surface area contributed by atoms with Crippen molar-refractivity contribution in [2.45, 2.75) is 19.3 Å². The second kappa shape index (κ2) is 7.24. The van der Waals surface area contributed by atoms with Crippen LogP contribution in [0.5, 0.6) is 11.5 Å². The van der Waals surface area contributed by atoms with Crippen molar-refractivity contribution >= 4 is 29.2 Å². The van der Waals surface area contributed by atoms with Gasteiger partial charge in [0.25, 0.3) is 0 Å². The Morgan fingerprint density at radius 3 is 2.07 bits per heavy atom. The fourth-order valence-corrected chi connectivity index (χ4v) is 4.60. The van der Waals surface area contributed by atoms with Crippen LogP contribution in [0.3, 0.4) is 0 Å². The number of carboxylic acids is 1. The van der Waals surface area contributed by atoms with E-state index in [4.69, 9.17) is 16.3 Å². The number of nitrogens with one attached hydrogen (secondary N) is 1. The molecule has 2 bridgehead atoms. The van der Waals surface area contributed by atoms with E-state index in [9.17, 15) is 14.7 Å². The number of benzene rings is 2. The molecule has 0 aliphatic heterocycles. The van der Waals surface area contributed by atoms with Crippen molar-refractivity contribution in [3.63, 3.8) is 0 Å². The molecule has 2 aliphatic carbocycles. The second-order valence-corrected chi connectivity index (χ2v) is 7.71. The predicted octanol–water partition coefficient (Wildman–Crippen LogP) is 3.48. The van der Waals surface area contributed by atoms with Crippen LogP contribution in [-0.4, -0.2) is 11.9 Å². The van der Waals surface area contributed by atoms with Crippen molar-refractivity contribution in [2.24, 2.45) is 23.7 Å². The first-order valence-corrected chi connectivity index (χ1v) is 9.44. The van der Waals surface area contributed by atoms with Gasteiger partial charge >= 0.3 is 0 Å². The number of carbonyl (C=O) groups is 2. The van der Waals surface area contributed by atoms with E-state index in [1.165, 1.54) is 0 Å². The van der Waals surface area contributed by atoms with Gasteiger partial charge in [-0.2, -0.15) is 0 Å². The summed E-state index contributed by atoms with van der Waals surface area (Å²) in [6.07, 6.45) is 2.61. The Bertz CT molecular complexity index is 849. The zero-order valence-electron chi connectivity index (χ0n) is 14.6. The van der Waals surface area contributed by atoms with E-state index < -0.39 is 17.8 Å². The molecule has 0 unspecified atom stereocenters. The summed E-state index contributed by atoms with van der Waals surface area (Å²) in [6, 6.07) is 14.0. The largest absolute Gasteiger partial charge is 0.550 e. The molecule has 2 aliphatic rings. The highest BCUT2D eigenvalue weighted by molar-refractivity contribution is 6.30. The van der Waals surface area contributed by atoms with E-state index in [0.29, 0.717) is 22.2 Å². The summed E-state index contributed by atoms with van der Waals surface area (Å²) >= 11 is 5.85. The highest BCUT2D eigenvalue weighted by Gasteiger charge is 2.51. The van der Waals surface area contributed by atoms with Crippen LogP contribution in [-0.2, 0) is 9.59 Å². The van der Waals surface area contributed by atoms with Gasteiger partial charge in [0.15, 0.2) is 0 Å². The number of amides is 1. The number of carboxylic acid groups (broad SMARTS) is 1. The van der Waals surface area contributed by atoms with E-state index in [0.717, 1.165) is 19.3 Å². The number of carbonyl (C=O) groups excluding carboxylic acids is 2. The van der Waals surface area contributed by atoms with Gasteiger partial charge in [-0.25, -0.2) is 0 Å². The molecule has 1 N–H and O–H groups in total. The van der Waals surface area contributed by atoms with E-state index in [1.54, 1.807) is 48.5 Å². The number of anilines is 1. The molecule has 4 atom stereocenters. The fraction of sp³-hybridized carbons (Fsp3) is 0.333. The van der Waals surface area contributed by atoms with Crippen molar-refractivity contribution in [3.05, 3.63) is 53.6 Å². The lowest BCUT2D eigenvalue weighted by molar-refractivity contribution is -0.314. The number of hydrogen-bond donors (Lipinski definition) is 1. The Morgan fingerprint density at radius 2 is 1.48 bits per heavy atom. The molecule has 140 valence electrons. The highest BCUT2D eigenvalue weighted by Crippen LogP contribution is 2.52. The minimum Gasteiger partial charge on any atom is -0.550 e. The molecule has 6 heteroatoms. The van der Waals surface area contributed by atoms with Gasteiger partial charge in [0, 0.05) is 28.5 Å². The highest BCUT2D eigenvalue weighted by atomic mass is 35.5. The summed E-state index contributed by atoms with van der Waals surface area (Å²) in [5, 5.41) is 15.0. The molecule has 2 saturated carbocycles. The SMILES string of the molecule is O=C([O-])[C@H]1[C@H]2CC[C@H](C2)[C@@H]1C(=O)Nc1ccc(Oc2ccc(Cl)cc2)cc1. The molecule has 2 aromatic rings. The maximum Gasteiger partial charge on any atom is 0.228 e. The van der Waals surface area contributed by atoms with Gasteiger partial charge in [-0.3, -0.25) is 4.79 Å². The molecule has 5 nitrogen and oxygen atoms in total. The molecule has 0 heterocycles. The minimum absolute atomic E-state index is 0.0749. The topological polar surface area (TPSA) is 78.5 Å². The normalized spacial score (nSPS) is 26.0. The van der Waals surface area contributed by atoms with Crippen molar-refractivity contribution < 1.29 is 19.4 Å². The number of halogens is 1. The first-order valence-electron chi connectivity index (χ1n) is 9.06. The van der Waals surface area contributed by atoms with Crippen LogP contribution in [0.2, 0.25) is 5.02 Å². The van der Waals surface area contributed by atoms with Gasteiger partial charge in [0.1, 0.15) is 11.5 Å². The molecule has 1 amide bonds. The summed E-state index contributed by atoms with van der Waals surface area (Å²) in [5.74, 6) is -0.999. The lowest BCUT2D eigenvalue weighted by Gasteiger charge is -2.30. The number of ether oxygens (including phenoxy) is 1. The fourth-order valence-electron chi connectivity index (χ4n) is 4.48. The van der Waals surface area contributed by atoms with Crippen molar-refractivity contribution in [3.8, 4) is 11.5 Å². The molecule has 4 rings (SSSR count). The van der Waals surface area contributed by atoms with Crippen LogP contribution in [0, 0.1) is 23.7 Å². The zero-order valence-corrected chi connectivity index (χ0v) is 15.3. The minimum atomic E-state index is -1.10. The predicted molar refractivity (Wildman–Crippen MR) is 99.4 cm³/mol. The Labute approximate surface area is 162 Å². The van der Waals surface area contributed by atoms with E-state index in [-0.39, 0.29) is 17.7 Å². The standard InChI is InChI=1S/C21H20ClNO4/c22-14-3-7-16(8-4-14)27-17-9-5-15(6-10-17)23-20(24)18-12-1-2-13(11-12)19(18)21(25)26/h3-10,12-13,18-19H,1-2,11H2,(H,23,24)(H,25,26)/p-1/t12-,13+,18+,19+/m1/s1. The average molecular weight is 385 g/mol. The zero-order chi connectivity index (χ0) is 19.0. The summed E-state index contributed by atoms with van der Waals surface area (Å²) in [7, 11) is 0. The van der Waals surface area contributed by atoms with E-state index in [2.05, 4.69) is 5.32 Å². The summed E-state index contributed by atoms with van der Waals surface area (Å²) in [4.78, 5) is 24.2. The van der Waals surface area contributed by atoms with Crippen LogP contribution in [0.4, 0.5) is 5.69 Å². The smallest absolute Gasteiger partial charge is 0.228 e. The molecular formula is C21H19ClNO4-. The molecule has 0 saturated heterocycles. The van der Waals surface area contributed by atoms with Crippen LogP contribution in [0.25, 0.3) is 0 Å². The van der Waals surface area contributed by atoms with Gasteiger partial charge in [0.05, 0.1) is 0 Å². The summed E-state index contributed by atoms with van der Waals surface area (Å²) < 4.78 is 5.72. The van der Waals surface area contributed by atoms with Gasteiger partial charge < -0.3 is 20.0 Å². The molecule has 27 heavy (non-hydrogen) atoms. The first kappa shape index (κ1) is 17.9. The lowest BCUT2D eigenvalue weighted by Crippen LogP contribution is -2.43. The van der Waals surface area contributed by atoms with Crippen molar-refractivity contribution in [2.75, 3.05) is 5.32 Å². The third kappa shape index (κ3) is 3.65. The molecule has 2 fully saturated rings.